The first-order valence-electron chi connectivity index (χ1n) is 3.59. The van der Waals surface area contributed by atoms with Crippen LogP contribution in [-0.2, 0) is 0 Å². The quantitative estimate of drug-likeness (QED) is 0.417. The Balaban J connectivity index is 3.09. The molecule has 54 valence electrons. The van der Waals surface area contributed by atoms with Gasteiger partial charge in [-0.25, -0.2) is 0 Å². The summed E-state index contributed by atoms with van der Waals surface area (Å²) >= 11 is 0. The molecular formula is C9H10BN. The normalized spacial score (nSPS) is 10.7. The summed E-state index contributed by atoms with van der Waals surface area (Å²) in [5.74, 6) is 0. The second-order valence-electron chi connectivity index (χ2n) is 2.45. The number of hydrogen-bond donors (Lipinski definition) is 0. The number of aliphatic imine (C=N–C) groups is 1. The fraction of sp³-hybridized carbons (Fsp3) is 0.222. The molecule has 0 aromatic heterocycles. The summed E-state index contributed by atoms with van der Waals surface area (Å²) in [5.41, 5.74) is 2.75. The Morgan fingerprint density at radius 3 is 2.73 bits per heavy atom. The topological polar surface area (TPSA) is 12.4 Å². The lowest BCUT2D eigenvalue weighted by Gasteiger charge is -2.00. The van der Waals surface area contributed by atoms with Crippen LogP contribution in [0.25, 0.3) is 0 Å². The first-order valence-corrected chi connectivity index (χ1v) is 3.59. The maximum absolute atomic E-state index is 5.69. The molecule has 0 unspecified atom stereocenters. The van der Waals surface area contributed by atoms with E-state index < -0.39 is 0 Å². The van der Waals surface area contributed by atoms with Gasteiger partial charge in [-0.3, -0.25) is 4.99 Å². The van der Waals surface area contributed by atoms with Crippen molar-refractivity contribution in [3.63, 3.8) is 0 Å². The smallest absolute Gasteiger partial charge is 0.116 e. The first-order chi connectivity index (χ1) is 5.24. The lowest BCUT2D eigenvalue weighted by molar-refractivity contribution is 1.46. The number of rotatable bonds is 1. The van der Waals surface area contributed by atoms with E-state index in [-0.39, 0.29) is 0 Å². The van der Waals surface area contributed by atoms with Crippen LogP contribution in [0.2, 0.25) is 0 Å². The van der Waals surface area contributed by atoms with Gasteiger partial charge >= 0.3 is 0 Å². The van der Waals surface area contributed by atoms with Gasteiger partial charge in [0, 0.05) is 6.21 Å². The molecule has 0 heterocycles. The van der Waals surface area contributed by atoms with Crippen LogP contribution < -0.4 is 5.46 Å². The summed E-state index contributed by atoms with van der Waals surface area (Å²) in [7, 11) is 5.69. The first kappa shape index (κ1) is 8.06. The van der Waals surface area contributed by atoms with Crippen LogP contribution in [0.3, 0.4) is 0 Å². The lowest BCUT2D eigenvalue weighted by Crippen LogP contribution is -2.02. The molecule has 0 aliphatic rings. The zero-order valence-corrected chi connectivity index (χ0v) is 6.83. The second kappa shape index (κ2) is 3.38. The zero-order valence-electron chi connectivity index (χ0n) is 6.83. The third-order valence-corrected chi connectivity index (χ3v) is 1.45. The molecule has 0 saturated heterocycles. The van der Waals surface area contributed by atoms with Gasteiger partial charge in [-0.15, -0.1) is 0 Å². The van der Waals surface area contributed by atoms with Crippen molar-refractivity contribution in [3.05, 3.63) is 23.8 Å². The van der Waals surface area contributed by atoms with Gasteiger partial charge in [0.05, 0.1) is 5.69 Å². The van der Waals surface area contributed by atoms with E-state index >= 15 is 0 Å². The molecule has 1 aromatic carbocycles. The fourth-order valence-electron chi connectivity index (χ4n) is 0.931. The Bertz CT molecular complexity index is 279. The molecule has 0 atom stereocenters. The van der Waals surface area contributed by atoms with Crippen LogP contribution in [0, 0.1) is 6.92 Å². The van der Waals surface area contributed by atoms with Crippen molar-refractivity contribution in [2.24, 2.45) is 4.99 Å². The van der Waals surface area contributed by atoms with Crippen LogP contribution in [0.5, 0.6) is 0 Å². The molecule has 0 spiro atoms. The fourth-order valence-corrected chi connectivity index (χ4v) is 0.931. The van der Waals surface area contributed by atoms with Crippen molar-refractivity contribution in [2.75, 3.05) is 0 Å². The minimum atomic E-state index is 0.739. The second-order valence-corrected chi connectivity index (χ2v) is 2.45. The molecule has 0 amide bonds. The van der Waals surface area contributed by atoms with Crippen LogP contribution in [0.1, 0.15) is 12.5 Å². The molecule has 0 aliphatic heterocycles. The molecule has 0 bridgehead atoms. The molecule has 2 radical (unpaired) electrons. The van der Waals surface area contributed by atoms with Crippen molar-refractivity contribution in [1.29, 1.82) is 0 Å². The zero-order chi connectivity index (χ0) is 8.27. The van der Waals surface area contributed by atoms with Gasteiger partial charge in [-0.2, -0.15) is 0 Å². The van der Waals surface area contributed by atoms with Crippen molar-refractivity contribution in [3.8, 4) is 0 Å². The Kier molecular flexibility index (Phi) is 2.47. The molecule has 0 saturated carbocycles. The molecule has 1 rings (SSSR count). The van der Waals surface area contributed by atoms with Crippen LogP contribution in [0.4, 0.5) is 5.69 Å². The summed E-state index contributed by atoms with van der Waals surface area (Å²) in [6.07, 6.45) is 1.74. The van der Waals surface area contributed by atoms with Crippen LogP contribution in [0.15, 0.2) is 23.2 Å². The van der Waals surface area contributed by atoms with Crippen molar-refractivity contribution < 1.29 is 0 Å². The molecule has 2 heteroatoms. The minimum absolute atomic E-state index is 0.739. The monoisotopic (exact) mass is 143 g/mol. The lowest BCUT2D eigenvalue weighted by atomic mass is 9.92. The Morgan fingerprint density at radius 1 is 1.45 bits per heavy atom. The third-order valence-electron chi connectivity index (χ3n) is 1.45. The van der Waals surface area contributed by atoms with Crippen molar-refractivity contribution >= 4 is 25.2 Å². The van der Waals surface area contributed by atoms with E-state index in [9.17, 15) is 0 Å². The van der Waals surface area contributed by atoms with E-state index in [0.29, 0.717) is 0 Å². The Hall–Kier alpha value is -1.05. The molecule has 0 fully saturated rings. The van der Waals surface area contributed by atoms with Crippen molar-refractivity contribution in [1.82, 2.24) is 0 Å². The number of aryl methyl sites for hydroxylation is 1. The predicted molar refractivity (Wildman–Crippen MR) is 50.4 cm³/mol. The number of hydrogen-bond acceptors (Lipinski definition) is 1. The summed E-state index contributed by atoms with van der Waals surface area (Å²) in [6.45, 7) is 3.88. The van der Waals surface area contributed by atoms with Crippen molar-refractivity contribution in [2.45, 2.75) is 13.8 Å². The summed E-state index contributed by atoms with van der Waals surface area (Å²) in [5, 5.41) is 0. The molecule has 1 nitrogen and oxygen atoms in total. The average Bonchev–Trinajstić information content (AvgIpc) is 1.95. The van der Waals surface area contributed by atoms with Gasteiger partial charge in [0.2, 0.25) is 0 Å². The highest BCUT2D eigenvalue weighted by molar-refractivity contribution is 6.35. The number of benzene rings is 1. The maximum Gasteiger partial charge on any atom is 0.116 e. The summed E-state index contributed by atoms with van der Waals surface area (Å²) in [6, 6.07) is 5.84. The van der Waals surface area contributed by atoms with Gasteiger partial charge < -0.3 is 0 Å². The van der Waals surface area contributed by atoms with Gasteiger partial charge in [0.1, 0.15) is 7.85 Å². The van der Waals surface area contributed by atoms with E-state index in [1.807, 2.05) is 32.0 Å². The summed E-state index contributed by atoms with van der Waals surface area (Å²) < 4.78 is 0. The Morgan fingerprint density at radius 2 is 2.18 bits per heavy atom. The van der Waals surface area contributed by atoms with E-state index in [4.69, 9.17) is 7.85 Å². The summed E-state index contributed by atoms with van der Waals surface area (Å²) in [4.78, 5) is 4.10. The molecule has 1 aromatic rings. The van der Waals surface area contributed by atoms with Gasteiger partial charge in [0.25, 0.3) is 0 Å². The van der Waals surface area contributed by atoms with Gasteiger partial charge in [0.15, 0.2) is 0 Å². The minimum Gasteiger partial charge on any atom is -0.262 e. The molecule has 0 N–H and O–H groups in total. The van der Waals surface area contributed by atoms with E-state index in [1.165, 1.54) is 0 Å². The van der Waals surface area contributed by atoms with E-state index in [0.717, 1.165) is 16.7 Å². The van der Waals surface area contributed by atoms with E-state index in [2.05, 4.69) is 4.99 Å². The van der Waals surface area contributed by atoms with Crippen LogP contribution in [-0.4, -0.2) is 14.1 Å². The highest BCUT2D eigenvalue weighted by Gasteiger charge is 1.92. The van der Waals surface area contributed by atoms with Gasteiger partial charge in [-0.05, 0) is 19.9 Å². The maximum atomic E-state index is 5.69. The average molecular weight is 143 g/mol. The molecular weight excluding hydrogens is 133 g/mol. The molecule has 11 heavy (non-hydrogen) atoms. The highest BCUT2D eigenvalue weighted by Crippen LogP contribution is 2.07. The number of nitrogens with zero attached hydrogens (tertiary/aromatic N) is 1. The highest BCUT2D eigenvalue weighted by atomic mass is 14.7. The third kappa shape index (κ3) is 1.94. The predicted octanol–water partition coefficient (Wildman–Crippen LogP) is 1.51. The SMILES string of the molecule is [B]c1cc(C)ccc1N=CC. The molecule has 0 aliphatic carbocycles. The van der Waals surface area contributed by atoms with Gasteiger partial charge in [-0.1, -0.05) is 23.2 Å². The standard InChI is InChI=1S/C9H10BN/c1-3-11-9-5-4-7(2)6-8(9)10/h3-6H,1-2H3. The Labute approximate surface area is 68.6 Å². The largest absolute Gasteiger partial charge is 0.262 e. The van der Waals surface area contributed by atoms with Crippen LogP contribution >= 0.6 is 0 Å². The van der Waals surface area contributed by atoms with E-state index in [1.54, 1.807) is 6.21 Å².